The third kappa shape index (κ3) is 3.00. The van der Waals surface area contributed by atoms with Gasteiger partial charge in [-0.3, -0.25) is 4.68 Å². The first-order chi connectivity index (χ1) is 7.75. The summed E-state index contributed by atoms with van der Waals surface area (Å²) in [5.41, 5.74) is 0.954. The van der Waals surface area contributed by atoms with Crippen molar-refractivity contribution in [1.29, 1.82) is 0 Å². The molecule has 0 radical (unpaired) electrons. The number of benzene rings is 1. The Kier molecular flexibility index (Phi) is 3.85. The monoisotopic (exact) mass is 299 g/mol. The van der Waals surface area contributed by atoms with Crippen molar-refractivity contribution in [1.82, 2.24) is 9.78 Å². The lowest BCUT2D eigenvalue weighted by Gasteiger charge is -2.07. The fraction of sp³-hybridized carbons (Fsp3) is 0.182. The van der Waals surface area contributed by atoms with Crippen molar-refractivity contribution in [2.45, 2.75) is 6.54 Å². The molecule has 1 aromatic carbocycles. The smallest absolute Gasteiger partial charge is 0.0637 e. The van der Waals surface area contributed by atoms with Gasteiger partial charge in [0.2, 0.25) is 0 Å². The lowest BCUT2D eigenvalue weighted by molar-refractivity contribution is 0.637. The average Bonchev–Trinajstić information content (AvgIpc) is 2.67. The van der Waals surface area contributed by atoms with E-state index in [1.165, 1.54) is 0 Å². The Morgan fingerprint density at radius 3 is 2.88 bits per heavy atom. The summed E-state index contributed by atoms with van der Waals surface area (Å²) in [7, 11) is 0. The van der Waals surface area contributed by atoms with Crippen LogP contribution in [-0.4, -0.2) is 16.3 Å². The van der Waals surface area contributed by atoms with Gasteiger partial charge in [-0.2, -0.15) is 5.10 Å². The zero-order valence-electron chi connectivity index (χ0n) is 8.53. The zero-order chi connectivity index (χ0) is 11.4. The van der Waals surface area contributed by atoms with E-state index in [1.54, 1.807) is 6.20 Å². The van der Waals surface area contributed by atoms with E-state index in [0.717, 1.165) is 28.3 Å². The van der Waals surface area contributed by atoms with Gasteiger partial charge in [-0.1, -0.05) is 23.7 Å². The molecule has 0 aliphatic carbocycles. The molecule has 0 amide bonds. The molecule has 5 heteroatoms. The Morgan fingerprint density at radius 1 is 1.38 bits per heavy atom. The largest absolute Gasteiger partial charge is 0.382 e. The highest BCUT2D eigenvalue weighted by Crippen LogP contribution is 2.19. The van der Waals surface area contributed by atoms with Crippen LogP contribution in [0.5, 0.6) is 0 Å². The van der Waals surface area contributed by atoms with Crippen LogP contribution in [-0.2, 0) is 6.54 Å². The van der Waals surface area contributed by atoms with Crippen molar-refractivity contribution in [2.75, 3.05) is 11.9 Å². The van der Waals surface area contributed by atoms with Crippen LogP contribution in [0, 0.1) is 0 Å². The SMILES string of the molecule is Clc1ccccc1NCCn1cc(Br)cn1. The van der Waals surface area contributed by atoms with Gasteiger partial charge in [0.15, 0.2) is 0 Å². The highest BCUT2D eigenvalue weighted by molar-refractivity contribution is 9.10. The molecule has 2 aromatic rings. The van der Waals surface area contributed by atoms with Gasteiger partial charge >= 0.3 is 0 Å². The Morgan fingerprint density at radius 2 is 2.19 bits per heavy atom. The van der Waals surface area contributed by atoms with Gasteiger partial charge < -0.3 is 5.32 Å². The first-order valence-corrected chi connectivity index (χ1v) is 6.09. The molecule has 0 aliphatic rings. The van der Waals surface area contributed by atoms with E-state index in [0.29, 0.717) is 0 Å². The summed E-state index contributed by atoms with van der Waals surface area (Å²) in [4.78, 5) is 0. The second kappa shape index (κ2) is 5.37. The van der Waals surface area contributed by atoms with E-state index < -0.39 is 0 Å². The molecule has 84 valence electrons. The number of hydrogen-bond acceptors (Lipinski definition) is 2. The number of halogens is 2. The number of para-hydroxylation sites is 1. The minimum absolute atomic E-state index is 0.740. The molecule has 0 spiro atoms. The van der Waals surface area contributed by atoms with Gasteiger partial charge in [-0.25, -0.2) is 0 Å². The Balaban J connectivity index is 1.87. The van der Waals surface area contributed by atoms with E-state index in [2.05, 4.69) is 26.3 Å². The summed E-state index contributed by atoms with van der Waals surface area (Å²) in [6, 6.07) is 7.70. The first kappa shape index (κ1) is 11.5. The van der Waals surface area contributed by atoms with Crippen LogP contribution in [0.15, 0.2) is 41.1 Å². The van der Waals surface area contributed by atoms with Gasteiger partial charge in [-0.05, 0) is 28.1 Å². The van der Waals surface area contributed by atoms with Crippen LogP contribution in [0.2, 0.25) is 5.02 Å². The number of nitrogens with zero attached hydrogens (tertiary/aromatic N) is 2. The summed E-state index contributed by atoms with van der Waals surface area (Å²) < 4.78 is 2.86. The molecule has 16 heavy (non-hydrogen) atoms. The van der Waals surface area contributed by atoms with E-state index in [-0.39, 0.29) is 0 Å². The summed E-state index contributed by atoms with van der Waals surface area (Å²) in [5.74, 6) is 0. The summed E-state index contributed by atoms with van der Waals surface area (Å²) >= 11 is 9.37. The molecule has 1 aromatic heterocycles. The molecule has 3 nitrogen and oxygen atoms in total. The van der Waals surface area contributed by atoms with Crippen LogP contribution in [0.3, 0.4) is 0 Å². The second-order valence-electron chi connectivity index (χ2n) is 3.33. The van der Waals surface area contributed by atoms with Crippen LogP contribution in [0.1, 0.15) is 0 Å². The van der Waals surface area contributed by atoms with Gasteiger partial charge in [0.1, 0.15) is 0 Å². The third-order valence-corrected chi connectivity index (χ3v) is 2.87. The van der Waals surface area contributed by atoms with Crippen molar-refractivity contribution in [3.63, 3.8) is 0 Å². The van der Waals surface area contributed by atoms with Crippen molar-refractivity contribution in [2.24, 2.45) is 0 Å². The molecule has 0 aliphatic heterocycles. The van der Waals surface area contributed by atoms with Crippen molar-refractivity contribution < 1.29 is 0 Å². The summed E-state index contributed by atoms with van der Waals surface area (Å²) in [5, 5.41) is 8.17. The quantitative estimate of drug-likeness (QED) is 0.938. The first-order valence-electron chi connectivity index (χ1n) is 4.92. The fourth-order valence-corrected chi connectivity index (χ4v) is 1.90. The van der Waals surface area contributed by atoms with Gasteiger partial charge in [0, 0.05) is 12.7 Å². The molecule has 0 saturated heterocycles. The Labute approximate surface area is 108 Å². The number of nitrogens with one attached hydrogen (secondary N) is 1. The van der Waals surface area contributed by atoms with Gasteiger partial charge in [-0.15, -0.1) is 0 Å². The van der Waals surface area contributed by atoms with Crippen molar-refractivity contribution in [3.05, 3.63) is 46.2 Å². The predicted molar refractivity (Wildman–Crippen MR) is 69.9 cm³/mol. The molecular formula is C11H11BrClN3. The molecule has 2 rings (SSSR count). The number of hydrogen-bond donors (Lipinski definition) is 1. The maximum atomic E-state index is 6.02. The molecular weight excluding hydrogens is 289 g/mol. The number of anilines is 1. The van der Waals surface area contributed by atoms with Gasteiger partial charge in [0.25, 0.3) is 0 Å². The minimum atomic E-state index is 0.740. The number of aromatic nitrogens is 2. The highest BCUT2D eigenvalue weighted by atomic mass is 79.9. The molecule has 0 fully saturated rings. The molecule has 0 bridgehead atoms. The lowest BCUT2D eigenvalue weighted by Crippen LogP contribution is -2.10. The average molecular weight is 301 g/mol. The molecule has 0 unspecified atom stereocenters. The van der Waals surface area contributed by atoms with Crippen molar-refractivity contribution >= 4 is 33.2 Å². The van der Waals surface area contributed by atoms with Crippen LogP contribution in [0.25, 0.3) is 0 Å². The Hall–Kier alpha value is -1.00. The Bertz CT molecular complexity index is 470. The molecule has 1 heterocycles. The normalized spacial score (nSPS) is 10.4. The van der Waals surface area contributed by atoms with Crippen LogP contribution >= 0.6 is 27.5 Å². The second-order valence-corrected chi connectivity index (χ2v) is 4.65. The lowest BCUT2D eigenvalue weighted by atomic mass is 10.3. The fourth-order valence-electron chi connectivity index (χ4n) is 1.37. The third-order valence-electron chi connectivity index (χ3n) is 2.13. The van der Waals surface area contributed by atoms with Crippen LogP contribution in [0.4, 0.5) is 5.69 Å². The van der Waals surface area contributed by atoms with Crippen molar-refractivity contribution in [3.8, 4) is 0 Å². The van der Waals surface area contributed by atoms with Crippen LogP contribution < -0.4 is 5.32 Å². The standard InChI is InChI=1S/C11H11BrClN3/c12-9-7-15-16(8-9)6-5-14-11-4-2-1-3-10(11)13/h1-4,7-8,14H,5-6H2. The molecule has 1 N–H and O–H groups in total. The predicted octanol–water partition coefficient (Wildman–Crippen LogP) is 3.41. The van der Waals surface area contributed by atoms with E-state index in [1.807, 2.05) is 35.1 Å². The van der Waals surface area contributed by atoms with E-state index in [4.69, 9.17) is 11.6 Å². The molecule has 0 saturated carbocycles. The molecule has 0 atom stereocenters. The topological polar surface area (TPSA) is 29.9 Å². The minimum Gasteiger partial charge on any atom is -0.382 e. The maximum absolute atomic E-state index is 6.02. The number of rotatable bonds is 4. The highest BCUT2D eigenvalue weighted by Gasteiger charge is 1.98. The zero-order valence-corrected chi connectivity index (χ0v) is 10.9. The maximum Gasteiger partial charge on any atom is 0.0637 e. The van der Waals surface area contributed by atoms with Gasteiger partial charge in [0.05, 0.1) is 27.9 Å². The van der Waals surface area contributed by atoms with E-state index in [9.17, 15) is 0 Å². The van der Waals surface area contributed by atoms with E-state index >= 15 is 0 Å². The summed E-state index contributed by atoms with van der Waals surface area (Å²) in [6.07, 6.45) is 3.71. The summed E-state index contributed by atoms with van der Waals surface area (Å²) in [6.45, 7) is 1.59.